The average Bonchev–Trinajstić information content (AvgIpc) is 2.27. The van der Waals surface area contributed by atoms with Gasteiger partial charge < -0.3 is 9.84 Å². The van der Waals surface area contributed by atoms with Crippen molar-refractivity contribution in [1.82, 2.24) is 4.98 Å². The lowest BCUT2D eigenvalue weighted by Crippen LogP contribution is -2.17. The first-order valence-corrected chi connectivity index (χ1v) is 5.74. The van der Waals surface area contributed by atoms with E-state index in [-0.39, 0.29) is 5.56 Å². The summed E-state index contributed by atoms with van der Waals surface area (Å²) in [5.74, 6) is -1.87. The normalized spacial score (nSPS) is 13.1. The lowest BCUT2D eigenvalue weighted by molar-refractivity contribution is -0.141. The fourth-order valence-electron chi connectivity index (χ4n) is 1.51. The van der Waals surface area contributed by atoms with Crippen LogP contribution in [0, 0.1) is 0 Å². The van der Waals surface area contributed by atoms with Gasteiger partial charge in [0.05, 0.1) is 6.10 Å². The molecule has 0 bridgehead atoms. The van der Waals surface area contributed by atoms with Crippen LogP contribution in [0.1, 0.15) is 42.7 Å². The number of hydrogen-bond donors (Lipinski definition) is 1. The van der Waals surface area contributed by atoms with Crippen LogP contribution in [0.15, 0.2) is 12.1 Å². The number of carboxylic acid groups (broad SMARTS) is 1. The molecule has 0 saturated heterocycles. The molecule has 0 aromatic carbocycles. The highest BCUT2D eigenvalue weighted by molar-refractivity contribution is 5.90. The van der Waals surface area contributed by atoms with Crippen LogP contribution in [0.2, 0.25) is 0 Å². The molecule has 0 fully saturated rings. The minimum Gasteiger partial charge on any atom is -0.477 e. The molecule has 1 rings (SSSR count). The predicted molar refractivity (Wildman–Crippen MR) is 61.2 cm³/mol. The van der Waals surface area contributed by atoms with Gasteiger partial charge in [-0.3, -0.25) is 0 Å². The summed E-state index contributed by atoms with van der Waals surface area (Å²) < 4.78 is 42.8. The summed E-state index contributed by atoms with van der Waals surface area (Å²) in [7, 11) is 0. The molecule has 1 unspecified atom stereocenters. The van der Waals surface area contributed by atoms with Gasteiger partial charge in [-0.15, -0.1) is 0 Å². The van der Waals surface area contributed by atoms with Crippen molar-refractivity contribution in [2.24, 2.45) is 0 Å². The maximum atomic E-state index is 12.5. The van der Waals surface area contributed by atoms with Crippen LogP contribution in [-0.2, 0) is 6.18 Å². The molecule has 1 atom stereocenters. The van der Waals surface area contributed by atoms with Crippen molar-refractivity contribution in [3.8, 4) is 5.88 Å². The maximum absolute atomic E-state index is 12.5. The predicted octanol–water partition coefficient (Wildman–Crippen LogP) is 3.37. The van der Waals surface area contributed by atoms with Crippen LogP contribution in [0.3, 0.4) is 0 Å². The largest absolute Gasteiger partial charge is 0.477 e. The zero-order chi connectivity index (χ0) is 14.6. The number of hydrogen-bond acceptors (Lipinski definition) is 3. The number of rotatable bonds is 5. The topological polar surface area (TPSA) is 59.4 Å². The first kappa shape index (κ1) is 15.3. The fourth-order valence-corrected chi connectivity index (χ4v) is 1.51. The van der Waals surface area contributed by atoms with E-state index in [4.69, 9.17) is 9.84 Å². The van der Waals surface area contributed by atoms with Crippen molar-refractivity contribution in [1.29, 1.82) is 0 Å². The van der Waals surface area contributed by atoms with E-state index in [1.807, 2.05) is 6.92 Å². The third-order valence-electron chi connectivity index (χ3n) is 2.39. The minimum absolute atomic E-state index is 0.379. The van der Waals surface area contributed by atoms with Crippen LogP contribution in [0.4, 0.5) is 13.2 Å². The number of aromatic carboxylic acids is 1. The van der Waals surface area contributed by atoms with Crippen LogP contribution in [0.25, 0.3) is 0 Å². The second kappa shape index (κ2) is 5.90. The fraction of sp³-hybridized carbons (Fsp3) is 0.500. The molecular weight excluding hydrogens is 263 g/mol. The Bertz CT molecular complexity index is 460. The zero-order valence-electron chi connectivity index (χ0n) is 10.5. The van der Waals surface area contributed by atoms with Crippen molar-refractivity contribution < 1.29 is 27.8 Å². The molecule has 7 heteroatoms. The molecule has 1 N–H and O–H groups in total. The smallest absolute Gasteiger partial charge is 0.433 e. The molecule has 0 amide bonds. The molecule has 0 spiro atoms. The molecule has 0 saturated carbocycles. The van der Waals surface area contributed by atoms with Crippen molar-refractivity contribution in [3.05, 3.63) is 23.4 Å². The Morgan fingerprint density at radius 2 is 2.11 bits per heavy atom. The molecule has 0 aliphatic carbocycles. The number of carboxylic acids is 1. The van der Waals surface area contributed by atoms with E-state index in [0.717, 1.165) is 12.5 Å². The van der Waals surface area contributed by atoms with Crippen LogP contribution >= 0.6 is 0 Å². The zero-order valence-corrected chi connectivity index (χ0v) is 10.5. The highest BCUT2D eigenvalue weighted by Crippen LogP contribution is 2.30. The first-order chi connectivity index (χ1) is 8.75. The van der Waals surface area contributed by atoms with Crippen molar-refractivity contribution >= 4 is 5.97 Å². The van der Waals surface area contributed by atoms with Crippen molar-refractivity contribution in [3.63, 3.8) is 0 Å². The molecule has 1 aromatic heterocycles. The van der Waals surface area contributed by atoms with Gasteiger partial charge in [-0.2, -0.15) is 13.2 Å². The summed E-state index contributed by atoms with van der Waals surface area (Å²) in [6.45, 7) is 3.54. The summed E-state index contributed by atoms with van der Waals surface area (Å²) in [4.78, 5) is 14.2. The van der Waals surface area contributed by atoms with Crippen molar-refractivity contribution in [2.75, 3.05) is 0 Å². The van der Waals surface area contributed by atoms with E-state index < -0.39 is 29.8 Å². The Morgan fingerprint density at radius 3 is 2.58 bits per heavy atom. The number of aromatic nitrogens is 1. The standard InChI is InChI=1S/C12H14F3NO3/c1-3-4-7(2)19-10-8(11(17)18)5-6-9(16-10)12(13,14)15/h5-7H,3-4H2,1-2H3,(H,17,18). The van der Waals surface area contributed by atoms with Gasteiger partial charge in [0.1, 0.15) is 11.3 Å². The summed E-state index contributed by atoms with van der Waals surface area (Å²) in [5, 5.41) is 8.90. The van der Waals surface area contributed by atoms with Crippen molar-refractivity contribution in [2.45, 2.75) is 39.0 Å². The van der Waals surface area contributed by atoms with E-state index in [1.54, 1.807) is 6.92 Å². The quantitative estimate of drug-likeness (QED) is 0.896. The second-order valence-corrected chi connectivity index (χ2v) is 4.07. The Morgan fingerprint density at radius 1 is 1.47 bits per heavy atom. The number of halogens is 3. The lowest BCUT2D eigenvalue weighted by atomic mass is 10.2. The molecule has 0 radical (unpaired) electrons. The highest BCUT2D eigenvalue weighted by Gasteiger charge is 2.34. The van der Waals surface area contributed by atoms with Gasteiger partial charge in [0.25, 0.3) is 0 Å². The number of ether oxygens (including phenoxy) is 1. The lowest BCUT2D eigenvalue weighted by Gasteiger charge is -2.16. The third-order valence-corrected chi connectivity index (χ3v) is 2.39. The molecule has 0 aliphatic heterocycles. The Hall–Kier alpha value is -1.79. The number of carbonyl (C=O) groups is 1. The number of alkyl halides is 3. The monoisotopic (exact) mass is 277 g/mol. The molecular formula is C12H14F3NO3. The average molecular weight is 277 g/mol. The van der Waals surface area contributed by atoms with Gasteiger partial charge in [-0.25, -0.2) is 9.78 Å². The van der Waals surface area contributed by atoms with E-state index in [1.165, 1.54) is 0 Å². The summed E-state index contributed by atoms with van der Waals surface area (Å²) >= 11 is 0. The van der Waals surface area contributed by atoms with E-state index in [9.17, 15) is 18.0 Å². The van der Waals surface area contributed by atoms with Crippen LogP contribution < -0.4 is 4.74 Å². The molecule has 106 valence electrons. The van der Waals surface area contributed by atoms with Gasteiger partial charge >= 0.3 is 12.1 Å². The molecule has 1 aromatic rings. The first-order valence-electron chi connectivity index (χ1n) is 5.74. The van der Waals surface area contributed by atoms with Gasteiger partial charge in [0.15, 0.2) is 0 Å². The van der Waals surface area contributed by atoms with Gasteiger partial charge in [-0.05, 0) is 25.5 Å². The third kappa shape index (κ3) is 4.11. The number of nitrogens with zero attached hydrogens (tertiary/aromatic N) is 1. The Balaban J connectivity index is 3.12. The summed E-state index contributed by atoms with van der Waals surface area (Å²) in [6, 6.07) is 1.48. The van der Waals surface area contributed by atoms with Gasteiger partial charge in [0.2, 0.25) is 5.88 Å². The van der Waals surface area contributed by atoms with Crippen LogP contribution in [0.5, 0.6) is 5.88 Å². The molecule has 0 aliphatic rings. The molecule has 1 heterocycles. The van der Waals surface area contributed by atoms with E-state index >= 15 is 0 Å². The Labute approximate surface area is 108 Å². The van der Waals surface area contributed by atoms with E-state index in [0.29, 0.717) is 12.5 Å². The highest BCUT2D eigenvalue weighted by atomic mass is 19.4. The Kier molecular flexibility index (Phi) is 4.74. The molecule has 19 heavy (non-hydrogen) atoms. The second-order valence-electron chi connectivity index (χ2n) is 4.07. The van der Waals surface area contributed by atoms with Gasteiger partial charge in [-0.1, -0.05) is 13.3 Å². The summed E-state index contributed by atoms with van der Waals surface area (Å²) in [6.07, 6.45) is -3.68. The number of pyridine rings is 1. The van der Waals surface area contributed by atoms with E-state index in [2.05, 4.69) is 4.98 Å². The minimum atomic E-state index is -4.64. The molecule has 4 nitrogen and oxygen atoms in total. The van der Waals surface area contributed by atoms with Crippen LogP contribution in [-0.4, -0.2) is 22.2 Å². The summed E-state index contributed by atoms with van der Waals surface area (Å²) in [5.41, 5.74) is -1.55. The van der Waals surface area contributed by atoms with Gasteiger partial charge in [0, 0.05) is 0 Å². The SMILES string of the molecule is CCCC(C)Oc1nc(C(F)(F)F)ccc1C(=O)O. The maximum Gasteiger partial charge on any atom is 0.433 e.